The normalized spacial score (nSPS) is 10.5. The molecule has 1 N–H and O–H groups in total. The summed E-state index contributed by atoms with van der Waals surface area (Å²) < 4.78 is 23.5. The second-order valence-electron chi connectivity index (χ2n) is 3.86. The van der Waals surface area contributed by atoms with E-state index < -0.39 is 0 Å². The molecule has 0 saturated carbocycles. The number of methoxy groups -OCH3 is 1. The Balaban J connectivity index is 2.11. The monoisotopic (exact) mass is 241 g/mol. The van der Waals surface area contributed by atoms with Crippen molar-refractivity contribution in [2.75, 3.05) is 33.4 Å². The molecule has 0 radical (unpaired) electrons. The fraction of sp³-hybridized carbons (Fsp3) is 0.538. The zero-order valence-corrected chi connectivity index (χ0v) is 10.5. The summed E-state index contributed by atoms with van der Waals surface area (Å²) in [5.41, 5.74) is 0.634. The molecule has 0 aliphatic rings. The van der Waals surface area contributed by atoms with E-state index in [2.05, 4.69) is 5.32 Å². The van der Waals surface area contributed by atoms with Gasteiger partial charge in [-0.25, -0.2) is 4.39 Å². The van der Waals surface area contributed by atoms with Crippen LogP contribution in [0.4, 0.5) is 4.39 Å². The SMILES string of the molecule is COCCCNCCOc1ccc(C)c(F)c1. The van der Waals surface area contributed by atoms with E-state index in [-0.39, 0.29) is 5.82 Å². The molecule has 0 atom stereocenters. The molecule has 0 bridgehead atoms. The highest BCUT2D eigenvalue weighted by molar-refractivity contribution is 5.27. The van der Waals surface area contributed by atoms with Crippen molar-refractivity contribution in [3.63, 3.8) is 0 Å². The van der Waals surface area contributed by atoms with Crippen molar-refractivity contribution >= 4 is 0 Å². The molecule has 0 spiro atoms. The van der Waals surface area contributed by atoms with Crippen molar-refractivity contribution in [1.82, 2.24) is 5.32 Å². The largest absolute Gasteiger partial charge is 0.492 e. The molecule has 0 heterocycles. The van der Waals surface area contributed by atoms with Gasteiger partial charge in [0.05, 0.1) is 0 Å². The molecule has 0 amide bonds. The summed E-state index contributed by atoms with van der Waals surface area (Å²) in [6.07, 6.45) is 0.982. The first-order valence-electron chi connectivity index (χ1n) is 5.82. The number of halogens is 1. The second-order valence-corrected chi connectivity index (χ2v) is 3.86. The maximum Gasteiger partial charge on any atom is 0.129 e. The Labute approximate surface area is 102 Å². The van der Waals surface area contributed by atoms with Gasteiger partial charge in [-0.15, -0.1) is 0 Å². The van der Waals surface area contributed by atoms with Crippen molar-refractivity contribution < 1.29 is 13.9 Å². The lowest BCUT2D eigenvalue weighted by atomic mass is 10.2. The van der Waals surface area contributed by atoms with Crippen LogP contribution >= 0.6 is 0 Å². The van der Waals surface area contributed by atoms with Gasteiger partial charge >= 0.3 is 0 Å². The molecular weight excluding hydrogens is 221 g/mol. The summed E-state index contributed by atoms with van der Waals surface area (Å²) in [7, 11) is 1.69. The molecule has 1 rings (SSSR count). The number of nitrogens with one attached hydrogen (secondary N) is 1. The second kappa shape index (κ2) is 8.03. The summed E-state index contributed by atoms with van der Waals surface area (Å²) in [5.74, 6) is 0.349. The van der Waals surface area contributed by atoms with Crippen LogP contribution in [0, 0.1) is 12.7 Å². The molecule has 0 aliphatic heterocycles. The minimum Gasteiger partial charge on any atom is -0.492 e. The number of hydrogen-bond donors (Lipinski definition) is 1. The molecule has 17 heavy (non-hydrogen) atoms. The summed E-state index contributed by atoms with van der Waals surface area (Å²) in [6, 6.07) is 4.92. The Kier molecular flexibility index (Phi) is 6.58. The molecule has 0 aromatic heterocycles. The Morgan fingerprint density at radius 3 is 2.76 bits per heavy atom. The standard InChI is InChI=1S/C13H20FNO2/c1-11-4-5-12(10-13(11)14)17-9-7-15-6-3-8-16-2/h4-5,10,15H,3,6-9H2,1-2H3. The Morgan fingerprint density at radius 1 is 1.24 bits per heavy atom. The lowest BCUT2D eigenvalue weighted by Crippen LogP contribution is -2.22. The van der Waals surface area contributed by atoms with Gasteiger partial charge in [-0.2, -0.15) is 0 Å². The van der Waals surface area contributed by atoms with E-state index in [4.69, 9.17) is 9.47 Å². The van der Waals surface area contributed by atoms with Crippen LogP contribution in [-0.2, 0) is 4.74 Å². The van der Waals surface area contributed by atoms with Gasteiger partial charge < -0.3 is 14.8 Å². The third kappa shape index (κ3) is 5.65. The van der Waals surface area contributed by atoms with Gasteiger partial charge in [0.25, 0.3) is 0 Å². The summed E-state index contributed by atoms with van der Waals surface area (Å²) in [5, 5.41) is 3.22. The fourth-order valence-electron chi connectivity index (χ4n) is 1.37. The smallest absolute Gasteiger partial charge is 0.129 e. The van der Waals surface area contributed by atoms with Crippen LogP contribution in [0.25, 0.3) is 0 Å². The quantitative estimate of drug-likeness (QED) is 0.707. The first kappa shape index (κ1) is 13.9. The summed E-state index contributed by atoms with van der Waals surface area (Å²) in [6.45, 7) is 4.68. The molecule has 0 aliphatic carbocycles. The van der Waals surface area contributed by atoms with Gasteiger partial charge in [-0.3, -0.25) is 0 Å². The van der Waals surface area contributed by atoms with Gasteiger partial charge in [0.1, 0.15) is 18.2 Å². The molecule has 0 saturated heterocycles. The van der Waals surface area contributed by atoms with E-state index in [0.29, 0.717) is 17.9 Å². The van der Waals surface area contributed by atoms with Gasteiger partial charge in [-0.1, -0.05) is 6.07 Å². The topological polar surface area (TPSA) is 30.5 Å². The highest BCUT2D eigenvalue weighted by Crippen LogP contribution is 2.15. The van der Waals surface area contributed by atoms with Crippen LogP contribution in [0.3, 0.4) is 0 Å². The first-order chi connectivity index (χ1) is 8.24. The fourth-order valence-corrected chi connectivity index (χ4v) is 1.37. The van der Waals surface area contributed by atoms with Gasteiger partial charge in [0.15, 0.2) is 0 Å². The Hall–Kier alpha value is -1.13. The molecule has 3 nitrogen and oxygen atoms in total. The highest BCUT2D eigenvalue weighted by Gasteiger charge is 1.99. The minimum absolute atomic E-state index is 0.226. The third-order valence-electron chi connectivity index (χ3n) is 2.39. The molecule has 0 unspecified atom stereocenters. The third-order valence-corrected chi connectivity index (χ3v) is 2.39. The Morgan fingerprint density at radius 2 is 2.06 bits per heavy atom. The molecule has 96 valence electrons. The predicted octanol–water partition coefficient (Wildman–Crippen LogP) is 2.14. The summed E-state index contributed by atoms with van der Waals surface area (Å²) >= 11 is 0. The number of aryl methyl sites for hydroxylation is 1. The maximum absolute atomic E-state index is 13.2. The van der Waals surface area contributed by atoms with Crippen LogP contribution in [0.5, 0.6) is 5.75 Å². The van der Waals surface area contributed by atoms with Crippen molar-refractivity contribution in [3.05, 3.63) is 29.6 Å². The van der Waals surface area contributed by atoms with Gasteiger partial charge in [0.2, 0.25) is 0 Å². The number of benzene rings is 1. The zero-order chi connectivity index (χ0) is 12.5. The lowest BCUT2D eigenvalue weighted by molar-refractivity contribution is 0.193. The van der Waals surface area contributed by atoms with Crippen LogP contribution in [0.2, 0.25) is 0 Å². The van der Waals surface area contributed by atoms with Gasteiger partial charge in [-0.05, 0) is 31.5 Å². The van der Waals surface area contributed by atoms with Crippen molar-refractivity contribution in [2.24, 2.45) is 0 Å². The number of rotatable bonds is 8. The van der Waals surface area contributed by atoms with E-state index in [1.54, 1.807) is 26.2 Å². The lowest BCUT2D eigenvalue weighted by Gasteiger charge is -2.08. The van der Waals surface area contributed by atoms with E-state index in [1.807, 2.05) is 0 Å². The van der Waals surface area contributed by atoms with Gasteiger partial charge in [0, 0.05) is 26.3 Å². The number of hydrogen-bond acceptors (Lipinski definition) is 3. The predicted molar refractivity (Wildman–Crippen MR) is 66.0 cm³/mol. The van der Waals surface area contributed by atoms with E-state index in [0.717, 1.165) is 26.1 Å². The summed E-state index contributed by atoms with van der Waals surface area (Å²) in [4.78, 5) is 0. The van der Waals surface area contributed by atoms with E-state index in [9.17, 15) is 4.39 Å². The minimum atomic E-state index is -0.226. The van der Waals surface area contributed by atoms with Crippen LogP contribution < -0.4 is 10.1 Å². The maximum atomic E-state index is 13.2. The van der Waals surface area contributed by atoms with Crippen molar-refractivity contribution in [3.8, 4) is 5.75 Å². The van der Waals surface area contributed by atoms with E-state index >= 15 is 0 Å². The molecule has 1 aromatic rings. The average Bonchev–Trinajstić information content (AvgIpc) is 2.32. The van der Waals surface area contributed by atoms with Crippen LogP contribution in [0.15, 0.2) is 18.2 Å². The van der Waals surface area contributed by atoms with E-state index in [1.165, 1.54) is 6.07 Å². The molecule has 4 heteroatoms. The Bertz CT molecular complexity index is 331. The molecule has 1 aromatic carbocycles. The van der Waals surface area contributed by atoms with Crippen molar-refractivity contribution in [1.29, 1.82) is 0 Å². The first-order valence-corrected chi connectivity index (χ1v) is 5.82. The zero-order valence-electron chi connectivity index (χ0n) is 10.5. The molecular formula is C13H20FNO2. The number of ether oxygens (including phenoxy) is 2. The highest BCUT2D eigenvalue weighted by atomic mass is 19.1. The van der Waals surface area contributed by atoms with Crippen molar-refractivity contribution in [2.45, 2.75) is 13.3 Å². The van der Waals surface area contributed by atoms with Crippen LogP contribution in [0.1, 0.15) is 12.0 Å². The molecule has 0 fully saturated rings. The average molecular weight is 241 g/mol. The van der Waals surface area contributed by atoms with Crippen LogP contribution in [-0.4, -0.2) is 33.4 Å².